The third-order valence-corrected chi connectivity index (χ3v) is 7.43. The summed E-state index contributed by atoms with van der Waals surface area (Å²) in [5.74, 6) is 0. The number of rotatable bonds is 4. The maximum Gasteiger partial charge on any atom is 0.253 e. The van der Waals surface area contributed by atoms with Crippen LogP contribution in [0.25, 0.3) is 10.1 Å². The summed E-state index contributed by atoms with van der Waals surface area (Å²) < 4.78 is 33.9. The van der Waals surface area contributed by atoms with Crippen molar-refractivity contribution in [1.82, 2.24) is 9.62 Å². The van der Waals surface area contributed by atoms with Crippen LogP contribution in [0.1, 0.15) is 0 Å². The van der Waals surface area contributed by atoms with Gasteiger partial charge < -0.3 is 10.1 Å². The van der Waals surface area contributed by atoms with Crippen molar-refractivity contribution in [3.63, 3.8) is 0 Å². The Hall–Kier alpha value is -0.700. The highest BCUT2D eigenvalue weighted by atomic mass is 35.5. The average molecular weight is 361 g/mol. The number of piperazine rings is 1. The molecule has 8 heteroatoms. The number of hydrogen-bond donors (Lipinski definition) is 1. The van der Waals surface area contributed by atoms with E-state index in [0.29, 0.717) is 35.5 Å². The van der Waals surface area contributed by atoms with E-state index in [1.807, 2.05) is 6.07 Å². The van der Waals surface area contributed by atoms with E-state index in [-0.39, 0.29) is 6.04 Å². The summed E-state index contributed by atoms with van der Waals surface area (Å²) in [6.07, 6.45) is 0. The minimum atomic E-state index is -3.52. The molecule has 0 spiro atoms. The Bertz CT molecular complexity index is 773. The molecular weight excluding hydrogens is 344 g/mol. The largest absolute Gasteiger partial charge is 0.383 e. The number of hydrogen-bond acceptors (Lipinski definition) is 5. The Morgan fingerprint density at radius 2 is 2.27 bits per heavy atom. The third-order valence-electron chi connectivity index (χ3n) is 3.67. The summed E-state index contributed by atoms with van der Waals surface area (Å²) in [7, 11) is -1.94. The lowest BCUT2D eigenvalue weighted by atomic mass is 10.2. The number of nitrogens with one attached hydrogen (secondary N) is 1. The molecule has 0 saturated carbocycles. The molecule has 0 amide bonds. The Morgan fingerprint density at radius 3 is 3.05 bits per heavy atom. The summed E-state index contributed by atoms with van der Waals surface area (Å²) in [4.78, 5) is 0. The van der Waals surface area contributed by atoms with Gasteiger partial charge >= 0.3 is 0 Å². The Kier molecular flexibility index (Phi) is 4.72. The predicted molar refractivity (Wildman–Crippen MR) is 89.3 cm³/mol. The molecular formula is C14H17ClN2O3S2. The maximum absolute atomic E-state index is 12.9. The van der Waals surface area contributed by atoms with Crippen LogP contribution in [0, 0.1) is 0 Å². The lowest BCUT2D eigenvalue weighted by Gasteiger charge is -2.34. The molecule has 120 valence electrons. The fraction of sp³-hybridized carbons (Fsp3) is 0.429. The van der Waals surface area contributed by atoms with Crippen molar-refractivity contribution in [3.8, 4) is 0 Å². The van der Waals surface area contributed by atoms with E-state index < -0.39 is 10.0 Å². The van der Waals surface area contributed by atoms with E-state index in [1.54, 1.807) is 29.6 Å². The highest BCUT2D eigenvalue weighted by molar-refractivity contribution is 7.91. The number of ether oxygens (including phenoxy) is 1. The van der Waals surface area contributed by atoms with Crippen LogP contribution < -0.4 is 5.32 Å². The lowest BCUT2D eigenvalue weighted by Crippen LogP contribution is -2.55. The van der Waals surface area contributed by atoms with E-state index >= 15 is 0 Å². The quantitative estimate of drug-likeness (QED) is 0.907. The van der Waals surface area contributed by atoms with E-state index in [2.05, 4.69) is 5.32 Å². The SMILES string of the molecule is COCC1CNCCN1S(=O)(=O)c1cc2cc(Cl)ccc2s1. The molecule has 0 radical (unpaired) electrons. The molecule has 0 aliphatic carbocycles. The van der Waals surface area contributed by atoms with Gasteiger partial charge in [-0.2, -0.15) is 4.31 Å². The molecule has 0 bridgehead atoms. The molecule has 1 aliphatic heterocycles. The van der Waals surface area contributed by atoms with Gasteiger partial charge in [-0.05, 0) is 29.7 Å². The fourth-order valence-electron chi connectivity index (χ4n) is 2.63. The maximum atomic E-state index is 12.9. The molecule has 1 saturated heterocycles. The number of nitrogens with zero attached hydrogens (tertiary/aromatic N) is 1. The van der Waals surface area contributed by atoms with Crippen LogP contribution in [0.5, 0.6) is 0 Å². The van der Waals surface area contributed by atoms with Crippen LogP contribution in [-0.4, -0.2) is 52.1 Å². The Balaban J connectivity index is 1.99. The molecule has 1 aromatic carbocycles. The first-order valence-electron chi connectivity index (χ1n) is 6.93. The van der Waals surface area contributed by atoms with Gasteiger partial charge in [-0.15, -0.1) is 11.3 Å². The zero-order valence-electron chi connectivity index (χ0n) is 12.1. The number of thiophene rings is 1. The molecule has 22 heavy (non-hydrogen) atoms. The Morgan fingerprint density at radius 1 is 1.45 bits per heavy atom. The summed E-state index contributed by atoms with van der Waals surface area (Å²) in [5, 5.41) is 4.67. The van der Waals surface area contributed by atoms with Gasteiger partial charge in [0.25, 0.3) is 10.0 Å². The summed E-state index contributed by atoms with van der Waals surface area (Å²) in [5.41, 5.74) is 0. The van der Waals surface area contributed by atoms with Crippen LogP contribution in [0.15, 0.2) is 28.5 Å². The van der Waals surface area contributed by atoms with Crippen LogP contribution in [0.3, 0.4) is 0 Å². The number of benzene rings is 1. The highest BCUT2D eigenvalue weighted by Gasteiger charge is 2.34. The van der Waals surface area contributed by atoms with Crippen molar-refractivity contribution in [1.29, 1.82) is 0 Å². The molecule has 1 fully saturated rings. The number of fused-ring (bicyclic) bond motifs is 1. The fourth-order valence-corrected chi connectivity index (χ4v) is 5.93. The van der Waals surface area contributed by atoms with Gasteiger partial charge in [0.05, 0.1) is 12.6 Å². The van der Waals surface area contributed by atoms with Crippen molar-refractivity contribution in [3.05, 3.63) is 29.3 Å². The number of methoxy groups -OCH3 is 1. The van der Waals surface area contributed by atoms with Crippen LogP contribution in [0.4, 0.5) is 0 Å². The van der Waals surface area contributed by atoms with Crippen molar-refractivity contribution in [2.24, 2.45) is 0 Å². The second-order valence-corrected chi connectivity index (χ2v) is 8.81. The summed E-state index contributed by atoms with van der Waals surface area (Å²) in [6.45, 7) is 2.08. The average Bonchev–Trinajstić information content (AvgIpc) is 2.92. The molecule has 2 aromatic rings. The molecule has 2 heterocycles. The Labute approximate surface area is 138 Å². The monoisotopic (exact) mass is 360 g/mol. The van der Waals surface area contributed by atoms with Gasteiger partial charge in [0.1, 0.15) is 4.21 Å². The zero-order chi connectivity index (χ0) is 15.7. The second-order valence-electron chi connectivity index (χ2n) is 5.18. The molecule has 1 unspecified atom stereocenters. The van der Waals surface area contributed by atoms with Crippen molar-refractivity contribution in [2.75, 3.05) is 33.4 Å². The smallest absolute Gasteiger partial charge is 0.253 e. The zero-order valence-corrected chi connectivity index (χ0v) is 14.5. The number of sulfonamides is 1. The van der Waals surface area contributed by atoms with E-state index in [4.69, 9.17) is 16.3 Å². The lowest BCUT2D eigenvalue weighted by molar-refractivity contribution is 0.120. The highest BCUT2D eigenvalue weighted by Crippen LogP contribution is 2.33. The minimum absolute atomic E-state index is 0.183. The van der Waals surface area contributed by atoms with E-state index in [1.165, 1.54) is 11.3 Å². The van der Waals surface area contributed by atoms with Crippen LogP contribution in [0.2, 0.25) is 5.02 Å². The summed E-state index contributed by atoms with van der Waals surface area (Å²) >= 11 is 7.25. The van der Waals surface area contributed by atoms with Crippen LogP contribution in [-0.2, 0) is 14.8 Å². The van der Waals surface area contributed by atoms with Gasteiger partial charge in [-0.3, -0.25) is 0 Å². The van der Waals surface area contributed by atoms with Gasteiger partial charge in [-0.25, -0.2) is 8.42 Å². The van der Waals surface area contributed by atoms with Gasteiger partial charge in [0.15, 0.2) is 0 Å². The van der Waals surface area contributed by atoms with Gasteiger partial charge in [-0.1, -0.05) is 11.6 Å². The second kappa shape index (κ2) is 6.43. The molecule has 3 rings (SSSR count). The van der Waals surface area contributed by atoms with Crippen molar-refractivity contribution >= 4 is 43.0 Å². The molecule has 1 aromatic heterocycles. The van der Waals surface area contributed by atoms with Crippen LogP contribution >= 0.6 is 22.9 Å². The standard InChI is InChI=1S/C14H17ClN2O3S2/c1-20-9-12-8-16-4-5-17(12)22(18,19)14-7-10-6-11(15)2-3-13(10)21-14/h2-3,6-7,12,16H,4-5,8-9H2,1H3. The normalized spacial score (nSPS) is 20.5. The first-order chi connectivity index (χ1) is 10.5. The molecule has 1 atom stereocenters. The number of halogens is 1. The van der Waals surface area contributed by atoms with E-state index in [9.17, 15) is 8.42 Å². The first-order valence-corrected chi connectivity index (χ1v) is 9.56. The molecule has 1 aliphatic rings. The predicted octanol–water partition coefficient (Wildman–Crippen LogP) is 2.16. The first kappa shape index (κ1) is 16.2. The molecule has 5 nitrogen and oxygen atoms in total. The van der Waals surface area contributed by atoms with Crippen molar-refractivity contribution < 1.29 is 13.2 Å². The topological polar surface area (TPSA) is 58.6 Å². The van der Waals surface area contributed by atoms with E-state index in [0.717, 1.165) is 10.1 Å². The summed E-state index contributed by atoms with van der Waals surface area (Å²) in [6, 6.07) is 6.93. The molecule has 1 N–H and O–H groups in total. The van der Waals surface area contributed by atoms with Crippen molar-refractivity contribution in [2.45, 2.75) is 10.3 Å². The third kappa shape index (κ3) is 3.02. The van der Waals surface area contributed by atoms with Gasteiger partial charge in [0.2, 0.25) is 0 Å². The minimum Gasteiger partial charge on any atom is -0.383 e. The van der Waals surface area contributed by atoms with Gasteiger partial charge in [0, 0.05) is 36.5 Å².